The van der Waals surface area contributed by atoms with Crippen LogP contribution in [0.25, 0.3) is 21.6 Å². The largest absolute Gasteiger partial charge is 0.334 e. The molecule has 4 nitrogen and oxygen atoms in total. The van der Waals surface area contributed by atoms with E-state index in [4.69, 9.17) is 9.97 Å². The number of thioether (sulfide) groups is 1. The van der Waals surface area contributed by atoms with E-state index in [0.29, 0.717) is 5.75 Å². The van der Waals surface area contributed by atoms with Crippen molar-refractivity contribution < 1.29 is 4.79 Å². The Hall–Kier alpha value is -2.22. The van der Waals surface area contributed by atoms with Gasteiger partial charge in [-0.25, -0.2) is 9.97 Å². The summed E-state index contributed by atoms with van der Waals surface area (Å²) in [5, 5.41) is 5.99. The van der Waals surface area contributed by atoms with Gasteiger partial charge in [0, 0.05) is 16.8 Å². The predicted molar refractivity (Wildman–Crippen MR) is 122 cm³/mol. The molecule has 3 aromatic heterocycles. The number of hydrogen-bond acceptors (Lipinski definition) is 6. The van der Waals surface area contributed by atoms with Crippen molar-refractivity contribution in [2.75, 3.05) is 12.3 Å². The molecule has 29 heavy (non-hydrogen) atoms. The Morgan fingerprint density at radius 2 is 1.93 bits per heavy atom. The lowest BCUT2D eigenvalue weighted by Crippen LogP contribution is -2.31. The maximum absolute atomic E-state index is 13.0. The molecule has 1 saturated heterocycles. The van der Waals surface area contributed by atoms with Gasteiger partial charge in [-0.05, 0) is 41.8 Å². The number of amides is 1. The second-order valence-electron chi connectivity index (χ2n) is 6.90. The minimum absolute atomic E-state index is 0.186. The molecule has 0 saturated carbocycles. The molecule has 1 atom stereocenters. The summed E-state index contributed by atoms with van der Waals surface area (Å²) in [6.45, 7) is 0.840. The zero-order chi connectivity index (χ0) is 19.6. The maximum Gasteiger partial charge on any atom is 0.233 e. The number of benzene rings is 1. The Kier molecular flexibility index (Phi) is 5.35. The normalized spacial score (nSPS) is 16.6. The zero-order valence-corrected chi connectivity index (χ0v) is 18.1. The second kappa shape index (κ2) is 8.26. The monoisotopic (exact) mass is 437 g/mol. The van der Waals surface area contributed by atoms with Gasteiger partial charge in [0.15, 0.2) is 5.82 Å². The van der Waals surface area contributed by atoms with Gasteiger partial charge in [-0.2, -0.15) is 0 Å². The number of para-hydroxylation sites is 1. The Labute approximate surface area is 181 Å². The summed E-state index contributed by atoms with van der Waals surface area (Å²) >= 11 is 4.89. The molecule has 1 fully saturated rings. The van der Waals surface area contributed by atoms with E-state index < -0.39 is 0 Å². The smallest absolute Gasteiger partial charge is 0.233 e. The number of fused-ring (bicyclic) bond motifs is 1. The van der Waals surface area contributed by atoms with Crippen LogP contribution >= 0.6 is 34.4 Å². The highest BCUT2D eigenvalue weighted by atomic mass is 32.2. The van der Waals surface area contributed by atoms with Gasteiger partial charge < -0.3 is 4.90 Å². The van der Waals surface area contributed by atoms with Crippen molar-refractivity contribution in [3.8, 4) is 10.7 Å². The van der Waals surface area contributed by atoms with Crippen LogP contribution in [-0.4, -0.2) is 33.1 Å². The number of likely N-dealkylation sites (tertiary alicyclic amines) is 1. The van der Waals surface area contributed by atoms with E-state index in [1.165, 1.54) is 16.6 Å². The molecule has 4 heterocycles. The van der Waals surface area contributed by atoms with E-state index in [0.717, 1.165) is 46.0 Å². The number of thiophene rings is 2. The number of carbonyl (C=O) groups excluding carboxylic acids is 1. The standard InChI is InChI=1S/C22H19N3OS3/c26-20(25-11-3-8-17(25)18-9-4-12-27-18)14-29-22-15-6-1-2-7-16(15)23-21(24-22)19-10-5-13-28-19/h1-2,4-7,9-10,12-13,17H,3,8,11,14H2/t17-/m1/s1. The fraction of sp³-hybridized carbons (Fsp3) is 0.227. The van der Waals surface area contributed by atoms with E-state index in [1.807, 2.05) is 46.7 Å². The molecule has 4 aromatic rings. The van der Waals surface area contributed by atoms with E-state index in [2.05, 4.69) is 17.5 Å². The summed E-state index contributed by atoms with van der Waals surface area (Å²) in [6.07, 6.45) is 2.12. The first-order chi connectivity index (χ1) is 14.3. The van der Waals surface area contributed by atoms with Crippen molar-refractivity contribution in [2.24, 2.45) is 0 Å². The quantitative estimate of drug-likeness (QED) is 0.289. The first kappa shape index (κ1) is 18.8. The van der Waals surface area contributed by atoms with E-state index in [-0.39, 0.29) is 11.9 Å². The molecule has 1 aliphatic heterocycles. The summed E-state index contributed by atoms with van der Waals surface area (Å²) in [6, 6.07) is 16.5. The summed E-state index contributed by atoms with van der Waals surface area (Å²) in [5.74, 6) is 1.31. The Morgan fingerprint density at radius 1 is 1.07 bits per heavy atom. The molecule has 0 unspecified atom stereocenters. The second-order valence-corrected chi connectivity index (χ2v) is 9.79. The van der Waals surface area contributed by atoms with Crippen molar-refractivity contribution in [3.05, 3.63) is 64.2 Å². The van der Waals surface area contributed by atoms with E-state index >= 15 is 0 Å². The van der Waals surface area contributed by atoms with Crippen molar-refractivity contribution in [3.63, 3.8) is 0 Å². The fourth-order valence-electron chi connectivity index (χ4n) is 3.73. The number of aromatic nitrogens is 2. The average Bonchev–Trinajstić information content (AvgIpc) is 3.52. The SMILES string of the molecule is O=C(CSc1nc(-c2cccs2)nc2ccccc12)N1CCC[C@@H]1c1cccs1. The van der Waals surface area contributed by atoms with Crippen molar-refractivity contribution >= 4 is 51.2 Å². The van der Waals surface area contributed by atoms with E-state index in [9.17, 15) is 4.79 Å². The molecule has 146 valence electrons. The van der Waals surface area contributed by atoms with Crippen LogP contribution in [-0.2, 0) is 4.79 Å². The molecule has 0 N–H and O–H groups in total. The molecule has 5 rings (SSSR count). The number of hydrogen-bond donors (Lipinski definition) is 0. The molecule has 1 amide bonds. The minimum atomic E-state index is 0.186. The third-order valence-electron chi connectivity index (χ3n) is 5.09. The lowest BCUT2D eigenvalue weighted by atomic mass is 10.2. The lowest BCUT2D eigenvalue weighted by Gasteiger charge is -2.23. The molecule has 1 aliphatic rings. The first-order valence-corrected chi connectivity index (χ1v) is 12.3. The predicted octanol–water partition coefficient (Wildman–Crippen LogP) is 5.88. The van der Waals surface area contributed by atoms with Crippen LogP contribution in [0.15, 0.2) is 64.3 Å². The average molecular weight is 438 g/mol. The highest BCUT2D eigenvalue weighted by molar-refractivity contribution is 8.00. The van der Waals surface area contributed by atoms with Gasteiger partial charge in [-0.15, -0.1) is 22.7 Å². The highest BCUT2D eigenvalue weighted by Gasteiger charge is 2.30. The van der Waals surface area contributed by atoms with Crippen LogP contribution in [0.4, 0.5) is 0 Å². The number of carbonyl (C=O) groups is 1. The lowest BCUT2D eigenvalue weighted by molar-refractivity contribution is -0.129. The van der Waals surface area contributed by atoms with Gasteiger partial charge in [0.25, 0.3) is 0 Å². The van der Waals surface area contributed by atoms with Gasteiger partial charge in [-0.1, -0.05) is 42.1 Å². The van der Waals surface area contributed by atoms with Crippen molar-refractivity contribution in [1.29, 1.82) is 0 Å². The molecule has 1 aromatic carbocycles. The molecule has 0 bridgehead atoms. The van der Waals surface area contributed by atoms with Gasteiger partial charge in [0.2, 0.25) is 5.91 Å². The Bertz CT molecular complexity index is 1130. The molecule has 7 heteroatoms. The summed E-state index contributed by atoms with van der Waals surface area (Å²) in [4.78, 5) is 26.9. The van der Waals surface area contributed by atoms with Crippen molar-refractivity contribution in [2.45, 2.75) is 23.9 Å². The fourth-order valence-corrected chi connectivity index (χ4v) is 6.16. The molecular formula is C22H19N3OS3. The molecule has 0 aliphatic carbocycles. The van der Waals surface area contributed by atoms with Crippen LogP contribution in [0.2, 0.25) is 0 Å². The Morgan fingerprint density at radius 3 is 2.76 bits per heavy atom. The molecule has 0 spiro atoms. The topological polar surface area (TPSA) is 46.1 Å². The number of nitrogens with zero attached hydrogens (tertiary/aromatic N) is 3. The van der Waals surface area contributed by atoms with Crippen LogP contribution < -0.4 is 0 Å². The third kappa shape index (κ3) is 3.82. The minimum Gasteiger partial charge on any atom is -0.334 e. The van der Waals surface area contributed by atoms with Crippen LogP contribution in [0.3, 0.4) is 0 Å². The van der Waals surface area contributed by atoms with Crippen LogP contribution in [0, 0.1) is 0 Å². The highest BCUT2D eigenvalue weighted by Crippen LogP contribution is 2.36. The van der Waals surface area contributed by atoms with Gasteiger partial charge in [-0.3, -0.25) is 4.79 Å². The zero-order valence-electron chi connectivity index (χ0n) is 15.7. The van der Waals surface area contributed by atoms with E-state index in [1.54, 1.807) is 22.7 Å². The summed E-state index contributed by atoms with van der Waals surface area (Å²) < 4.78 is 0. The van der Waals surface area contributed by atoms with Crippen molar-refractivity contribution in [1.82, 2.24) is 14.9 Å². The van der Waals surface area contributed by atoms with Gasteiger partial charge >= 0.3 is 0 Å². The maximum atomic E-state index is 13.0. The summed E-state index contributed by atoms with van der Waals surface area (Å²) in [7, 11) is 0. The van der Waals surface area contributed by atoms with Gasteiger partial charge in [0.1, 0.15) is 5.03 Å². The van der Waals surface area contributed by atoms with Crippen LogP contribution in [0.5, 0.6) is 0 Å². The third-order valence-corrected chi connectivity index (χ3v) is 7.90. The molecular weight excluding hydrogens is 418 g/mol. The first-order valence-electron chi connectivity index (χ1n) is 9.56. The van der Waals surface area contributed by atoms with Gasteiger partial charge in [0.05, 0.1) is 22.2 Å². The molecule has 0 radical (unpaired) electrons. The summed E-state index contributed by atoms with van der Waals surface area (Å²) in [5.41, 5.74) is 0.915. The number of rotatable bonds is 5. The van der Waals surface area contributed by atoms with Crippen LogP contribution in [0.1, 0.15) is 23.8 Å². The Balaban J connectivity index is 1.39.